The van der Waals surface area contributed by atoms with E-state index in [9.17, 15) is 0 Å². The summed E-state index contributed by atoms with van der Waals surface area (Å²) in [6.07, 6.45) is 4.66. The minimum absolute atomic E-state index is 0.563. The van der Waals surface area contributed by atoms with Crippen molar-refractivity contribution in [1.82, 2.24) is 9.55 Å². The molecule has 21 heavy (non-hydrogen) atoms. The molecule has 1 heterocycles. The molecular weight excluding hydrogens is 305 g/mol. The first-order chi connectivity index (χ1) is 10.1. The molecule has 1 aromatic heterocycles. The van der Waals surface area contributed by atoms with Gasteiger partial charge >= 0.3 is 0 Å². The largest absolute Gasteiger partial charge is 0.383 e. The summed E-state index contributed by atoms with van der Waals surface area (Å²) in [4.78, 5) is 4.80. The molecule has 0 bridgehead atoms. The summed E-state index contributed by atoms with van der Waals surface area (Å²) in [5.41, 5.74) is 8.05. The molecule has 112 valence electrons. The lowest BCUT2D eigenvalue weighted by Gasteiger charge is -2.08. The third kappa shape index (κ3) is 3.04. The second-order valence-corrected chi connectivity index (χ2v) is 6.51. The van der Waals surface area contributed by atoms with E-state index in [-0.39, 0.29) is 0 Å². The number of benzene rings is 1. The maximum Gasteiger partial charge on any atom is 0.131 e. The van der Waals surface area contributed by atoms with Crippen LogP contribution >= 0.6 is 23.2 Å². The summed E-state index contributed by atoms with van der Waals surface area (Å²) in [7, 11) is 0. The lowest BCUT2D eigenvalue weighted by atomic mass is 10.1. The Hall–Kier alpha value is -1.19. The molecule has 1 saturated carbocycles. The van der Waals surface area contributed by atoms with Gasteiger partial charge in [-0.15, -0.1) is 0 Å². The number of imidazole rings is 1. The van der Waals surface area contributed by atoms with Crippen molar-refractivity contribution in [2.75, 3.05) is 5.73 Å². The van der Waals surface area contributed by atoms with Crippen molar-refractivity contribution in [1.29, 1.82) is 0 Å². The topological polar surface area (TPSA) is 43.8 Å². The van der Waals surface area contributed by atoms with Gasteiger partial charge < -0.3 is 10.3 Å². The zero-order valence-corrected chi connectivity index (χ0v) is 13.6. The van der Waals surface area contributed by atoms with Gasteiger partial charge in [0.05, 0.1) is 0 Å². The third-order valence-corrected chi connectivity index (χ3v) is 4.29. The molecule has 1 fully saturated rings. The summed E-state index contributed by atoms with van der Waals surface area (Å²) in [5.74, 6) is 2.41. The number of nitrogen functional groups attached to an aromatic ring is 1. The summed E-state index contributed by atoms with van der Waals surface area (Å²) in [6.45, 7) is 3.11. The quantitative estimate of drug-likeness (QED) is 0.830. The number of aromatic nitrogens is 2. The number of nitrogens with two attached hydrogens (primary N) is 1. The van der Waals surface area contributed by atoms with Crippen LogP contribution in [0.25, 0.3) is 11.3 Å². The van der Waals surface area contributed by atoms with E-state index in [0.717, 1.165) is 42.3 Å². The van der Waals surface area contributed by atoms with Crippen molar-refractivity contribution in [2.24, 2.45) is 0 Å². The minimum atomic E-state index is 0.563. The van der Waals surface area contributed by atoms with Crippen molar-refractivity contribution < 1.29 is 0 Å². The Labute approximate surface area is 135 Å². The Morgan fingerprint density at radius 2 is 1.90 bits per heavy atom. The minimum Gasteiger partial charge on any atom is -0.383 e. The average molecular weight is 324 g/mol. The highest BCUT2D eigenvalue weighted by atomic mass is 35.5. The Balaban J connectivity index is 2.05. The van der Waals surface area contributed by atoms with Gasteiger partial charge in [-0.25, -0.2) is 4.98 Å². The highest BCUT2D eigenvalue weighted by Crippen LogP contribution is 2.42. The fourth-order valence-corrected chi connectivity index (χ4v) is 3.12. The molecule has 0 atom stereocenters. The average Bonchev–Trinajstić information content (AvgIpc) is 3.21. The Morgan fingerprint density at radius 3 is 2.48 bits per heavy atom. The van der Waals surface area contributed by atoms with E-state index in [1.165, 1.54) is 12.8 Å². The molecule has 3 rings (SSSR count). The molecule has 0 unspecified atom stereocenters. The van der Waals surface area contributed by atoms with Gasteiger partial charge in [-0.05, 0) is 37.5 Å². The third-order valence-electron chi connectivity index (χ3n) is 3.85. The normalized spacial score (nSPS) is 14.6. The Kier molecular flexibility index (Phi) is 4.14. The van der Waals surface area contributed by atoms with Crippen LogP contribution in [-0.4, -0.2) is 9.55 Å². The monoisotopic (exact) mass is 323 g/mol. The van der Waals surface area contributed by atoms with Gasteiger partial charge in [0.1, 0.15) is 17.3 Å². The molecular formula is C16H19Cl2N3. The first-order valence-electron chi connectivity index (χ1n) is 7.42. The number of hydrogen-bond acceptors (Lipinski definition) is 2. The molecule has 1 aliphatic rings. The first-order valence-corrected chi connectivity index (χ1v) is 8.18. The van der Waals surface area contributed by atoms with Crippen LogP contribution < -0.4 is 5.73 Å². The molecule has 0 aliphatic heterocycles. The molecule has 0 spiro atoms. The van der Waals surface area contributed by atoms with Gasteiger partial charge in [-0.1, -0.05) is 36.5 Å². The van der Waals surface area contributed by atoms with Crippen molar-refractivity contribution in [2.45, 2.75) is 45.1 Å². The zero-order valence-electron chi connectivity index (χ0n) is 12.1. The summed E-state index contributed by atoms with van der Waals surface area (Å²) < 4.78 is 2.17. The van der Waals surface area contributed by atoms with Crippen molar-refractivity contribution in [3.05, 3.63) is 34.1 Å². The van der Waals surface area contributed by atoms with Crippen molar-refractivity contribution in [3.8, 4) is 11.3 Å². The maximum atomic E-state index is 6.36. The Bertz CT molecular complexity index is 640. The lowest BCUT2D eigenvalue weighted by molar-refractivity contribution is 0.609. The predicted molar refractivity (Wildman–Crippen MR) is 89.0 cm³/mol. The van der Waals surface area contributed by atoms with Crippen molar-refractivity contribution in [3.63, 3.8) is 0 Å². The van der Waals surface area contributed by atoms with Gasteiger partial charge in [0.15, 0.2) is 0 Å². The predicted octanol–water partition coefficient (Wildman–Crippen LogP) is 5.12. The number of anilines is 1. The summed E-state index contributed by atoms with van der Waals surface area (Å²) in [5, 5.41) is 1.21. The van der Waals surface area contributed by atoms with Gasteiger partial charge in [0.25, 0.3) is 0 Å². The molecule has 0 amide bonds. The molecule has 3 nitrogen and oxygen atoms in total. The standard InChI is InChI=1S/C16H19Cl2N3/c1-2-3-6-21-15(19)14(20-16(21)10-4-5-10)11-7-12(17)9-13(18)8-11/h7-10H,2-6,19H2,1H3. The fraction of sp³-hybridized carbons (Fsp3) is 0.438. The van der Waals surface area contributed by atoms with Gasteiger partial charge in [-0.2, -0.15) is 0 Å². The van der Waals surface area contributed by atoms with Crippen LogP contribution in [0.4, 0.5) is 5.82 Å². The molecule has 2 N–H and O–H groups in total. The van der Waals surface area contributed by atoms with Crippen LogP contribution in [-0.2, 0) is 6.54 Å². The molecule has 1 aromatic carbocycles. The number of nitrogens with zero attached hydrogens (tertiary/aromatic N) is 2. The number of unbranched alkanes of at least 4 members (excludes halogenated alkanes) is 1. The van der Waals surface area contributed by atoms with Gasteiger partial charge in [0.2, 0.25) is 0 Å². The molecule has 0 radical (unpaired) electrons. The van der Waals surface area contributed by atoms with Crippen LogP contribution in [0, 0.1) is 0 Å². The molecule has 2 aromatic rings. The van der Waals surface area contributed by atoms with E-state index in [2.05, 4.69) is 11.5 Å². The van der Waals surface area contributed by atoms with E-state index in [1.807, 2.05) is 12.1 Å². The summed E-state index contributed by atoms with van der Waals surface area (Å²) >= 11 is 12.2. The van der Waals surface area contributed by atoms with E-state index in [0.29, 0.717) is 16.0 Å². The number of rotatable bonds is 5. The number of halogens is 2. The highest BCUT2D eigenvalue weighted by molar-refractivity contribution is 6.35. The maximum absolute atomic E-state index is 6.36. The zero-order chi connectivity index (χ0) is 15.0. The van der Waals surface area contributed by atoms with Gasteiger partial charge in [-0.3, -0.25) is 0 Å². The smallest absolute Gasteiger partial charge is 0.131 e. The second-order valence-electron chi connectivity index (χ2n) is 5.64. The van der Waals surface area contributed by atoms with E-state index >= 15 is 0 Å². The second kappa shape index (κ2) is 5.90. The van der Waals surface area contributed by atoms with E-state index < -0.39 is 0 Å². The lowest BCUT2D eigenvalue weighted by Crippen LogP contribution is -2.06. The molecule has 5 heteroatoms. The van der Waals surface area contributed by atoms with Crippen LogP contribution in [0.2, 0.25) is 10.0 Å². The van der Waals surface area contributed by atoms with E-state index in [1.54, 1.807) is 6.07 Å². The first kappa shape index (κ1) is 14.7. The van der Waals surface area contributed by atoms with Crippen molar-refractivity contribution >= 4 is 29.0 Å². The molecule has 0 saturated heterocycles. The molecule has 1 aliphatic carbocycles. The van der Waals surface area contributed by atoms with E-state index in [4.69, 9.17) is 33.9 Å². The van der Waals surface area contributed by atoms with Gasteiger partial charge in [0, 0.05) is 28.1 Å². The number of hydrogen-bond donors (Lipinski definition) is 1. The van der Waals surface area contributed by atoms with Crippen LogP contribution in [0.15, 0.2) is 18.2 Å². The van der Waals surface area contributed by atoms with Crippen LogP contribution in [0.5, 0.6) is 0 Å². The SMILES string of the molecule is CCCCn1c(C2CC2)nc(-c2cc(Cl)cc(Cl)c2)c1N. The highest BCUT2D eigenvalue weighted by Gasteiger charge is 2.30. The van der Waals surface area contributed by atoms with Crippen LogP contribution in [0.1, 0.15) is 44.3 Å². The Morgan fingerprint density at radius 1 is 1.24 bits per heavy atom. The summed E-state index contributed by atoms with van der Waals surface area (Å²) in [6, 6.07) is 5.46. The van der Waals surface area contributed by atoms with Crippen LogP contribution in [0.3, 0.4) is 0 Å². The fourth-order valence-electron chi connectivity index (χ4n) is 2.59.